The van der Waals surface area contributed by atoms with E-state index in [1.807, 2.05) is 40.0 Å². The van der Waals surface area contributed by atoms with E-state index >= 15 is 0 Å². The van der Waals surface area contributed by atoms with E-state index in [9.17, 15) is 14.7 Å². The summed E-state index contributed by atoms with van der Waals surface area (Å²) in [7, 11) is 1.86. The number of allylic oxidation sites excluding steroid dienone is 3. The minimum Gasteiger partial charge on any atom is -0.478 e. The van der Waals surface area contributed by atoms with Crippen molar-refractivity contribution >= 4 is 23.3 Å². The molecule has 2 aromatic rings. The maximum absolute atomic E-state index is 13.0. The lowest BCUT2D eigenvalue weighted by Gasteiger charge is -2.37. The zero-order valence-corrected chi connectivity index (χ0v) is 23.9. The van der Waals surface area contributed by atoms with E-state index < -0.39 is 5.97 Å². The number of hydrogen-bond acceptors (Lipinski definition) is 5. The van der Waals surface area contributed by atoms with Crippen LogP contribution in [0, 0.1) is 18.3 Å². The molecule has 2 aromatic carbocycles. The molecule has 0 spiro atoms. The average Bonchev–Trinajstić information content (AvgIpc) is 2.91. The quantitative estimate of drug-likeness (QED) is 0.370. The number of nitrogens with zero attached hydrogens (tertiary/aromatic N) is 1. The van der Waals surface area contributed by atoms with Crippen molar-refractivity contribution in [2.75, 3.05) is 25.5 Å². The number of aliphatic imine (C=N–C) groups is 1. The van der Waals surface area contributed by atoms with Gasteiger partial charge in [0.2, 0.25) is 0 Å². The van der Waals surface area contributed by atoms with Crippen LogP contribution in [-0.2, 0) is 0 Å². The lowest BCUT2D eigenvalue weighted by atomic mass is 9.73. The van der Waals surface area contributed by atoms with Crippen molar-refractivity contribution in [2.45, 2.75) is 53.9 Å². The van der Waals surface area contributed by atoms with Gasteiger partial charge in [0.1, 0.15) is 11.5 Å². The van der Waals surface area contributed by atoms with Gasteiger partial charge in [-0.25, -0.2) is 4.79 Å². The Labute approximate surface area is 231 Å². The van der Waals surface area contributed by atoms with E-state index in [2.05, 4.69) is 48.5 Å². The molecule has 0 saturated heterocycles. The Bertz CT molecular complexity index is 1400. The number of ether oxygens (including phenoxy) is 1. The van der Waals surface area contributed by atoms with Crippen molar-refractivity contribution in [2.24, 2.45) is 16.3 Å². The van der Waals surface area contributed by atoms with Crippen LogP contribution < -0.4 is 15.4 Å². The van der Waals surface area contributed by atoms with Gasteiger partial charge in [0.05, 0.1) is 11.3 Å². The fourth-order valence-electron chi connectivity index (χ4n) is 5.17. The fraction of sp³-hybridized carbons (Fsp3) is 0.406. The van der Waals surface area contributed by atoms with Crippen LogP contribution in [0.25, 0.3) is 0 Å². The highest BCUT2D eigenvalue weighted by atomic mass is 16.5. The van der Waals surface area contributed by atoms with Crippen LogP contribution in [0.2, 0.25) is 0 Å². The summed E-state index contributed by atoms with van der Waals surface area (Å²) in [4.78, 5) is 30.2. The summed E-state index contributed by atoms with van der Waals surface area (Å²) in [6.07, 6.45) is 5.01. The number of aromatic carboxylic acids is 1. The summed E-state index contributed by atoms with van der Waals surface area (Å²) in [6.45, 7) is 13.5. The van der Waals surface area contributed by atoms with Gasteiger partial charge in [-0.15, -0.1) is 0 Å². The van der Waals surface area contributed by atoms with Gasteiger partial charge in [-0.1, -0.05) is 32.9 Å². The number of carbonyl (C=O) groups is 2. The molecular weight excluding hydrogens is 490 g/mol. The molecule has 1 aliphatic heterocycles. The second-order valence-electron chi connectivity index (χ2n) is 11.1. The van der Waals surface area contributed by atoms with Gasteiger partial charge in [-0.3, -0.25) is 9.79 Å². The summed E-state index contributed by atoms with van der Waals surface area (Å²) in [5, 5.41) is 16.5. The number of carboxylic acids is 1. The van der Waals surface area contributed by atoms with Crippen molar-refractivity contribution < 1.29 is 19.4 Å². The zero-order chi connectivity index (χ0) is 28.5. The minimum absolute atomic E-state index is 0.0467. The normalized spacial score (nSPS) is 19.3. The maximum atomic E-state index is 13.0. The smallest absolute Gasteiger partial charge is 0.336 e. The number of rotatable bonds is 8. The van der Waals surface area contributed by atoms with Crippen molar-refractivity contribution in [1.82, 2.24) is 5.32 Å². The number of fused-ring (bicyclic) bond motifs is 2. The Hall–Kier alpha value is -3.87. The highest BCUT2D eigenvalue weighted by Crippen LogP contribution is 2.50. The number of amides is 1. The molecule has 4 rings (SSSR count). The van der Waals surface area contributed by atoms with E-state index in [4.69, 9.17) is 4.74 Å². The largest absolute Gasteiger partial charge is 0.478 e. The van der Waals surface area contributed by atoms with Gasteiger partial charge in [0.25, 0.3) is 5.91 Å². The Morgan fingerprint density at radius 1 is 1.10 bits per heavy atom. The number of hydrogen-bond donors (Lipinski definition) is 3. The molecule has 0 fully saturated rings. The first-order valence-electron chi connectivity index (χ1n) is 13.6. The standard InChI is InChI=1S/C32H39N3O4/c1-8-32(5,6)17-35-30(36)20-10-11-21(22(14-20)31(37)38)29-23-12-18(3)25(33-7)15-27(23)39-28-16-26(34-9-2)19(4)13-24(28)29/h10-16,24,29,33H,8-9,17H2,1-7H3,(H,35,36)(H,37,38). The van der Waals surface area contributed by atoms with Gasteiger partial charge in [0.15, 0.2) is 0 Å². The highest BCUT2D eigenvalue weighted by Gasteiger charge is 2.39. The molecule has 1 amide bonds. The molecule has 2 atom stereocenters. The molecule has 3 N–H and O–H groups in total. The molecule has 7 heteroatoms. The van der Waals surface area contributed by atoms with Crippen molar-refractivity contribution in [3.8, 4) is 5.75 Å². The average molecular weight is 530 g/mol. The summed E-state index contributed by atoms with van der Waals surface area (Å²) in [5.41, 5.74) is 5.83. The summed E-state index contributed by atoms with van der Waals surface area (Å²) < 4.78 is 6.43. The summed E-state index contributed by atoms with van der Waals surface area (Å²) in [6, 6.07) is 9.06. The number of nitrogens with one attached hydrogen (secondary N) is 2. The van der Waals surface area contributed by atoms with Gasteiger partial charge in [-0.2, -0.15) is 0 Å². The van der Waals surface area contributed by atoms with Crippen molar-refractivity contribution in [1.29, 1.82) is 0 Å². The van der Waals surface area contributed by atoms with Gasteiger partial charge < -0.3 is 20.5 Å². The number of benzene rings is 2. The van der Waals surface area contributed by atoms with Crippen LogP contribution in [0.15, 0.2) is 58.8 Å². The lowest BCUT2D eigenvalue weighted by Crippen LogP contribution is -2.34. The second kappa shape index (κ2) is 11.1. The molecule has 0 saturated carbocycles. The van der Waals surface area contributed by atoms with Crippen molar-refractivity contribution in [3.63, 3.8) is 0 Å². The van der Waals surface area contributed by atoms with E-state index in [0.717, 1.165) is 40.3 Å². The van der Waals surface area contributed by atoms with Crippen molar-refractivity contribution in [3.05, 3.63) is 81.6 Å². The Balaban J connectivity index is 1.85. The Morgan fingerprint density at radius 2 is 1.85 bits per heavy atom. The molecular formula is C32H39N3O4. The Kier molecular flexibility index (Phi) is 8.00. The number of carboxylic acid groups (broad SMARTS) is 1. The SMILES string of the molecule is CCN=C1C=C2Oc3cc(NC)c(C)cc3C(c3ccc(C(=O)NCC(C)(C)CC)cc3C(=O)O)C2C=C1C. The monoisotopic (exact) mass is 529 g/mol. The summed E-state index contributed by atoms with van der Waals surface area (Å²) in [5.74, 6) is -0.457. The van der Waals surface area contributed by atoms with Gasteiger partial charge >= 0.3 is 5.97 Å². The topological polar surface area (TPSA) is 100 Å². The number of aryl methyl sites for hydroxylation is 1. The minimum atomic E-state index is -1.07. The fourth-order valence-corrected chi connectivity index (χ4v) is 5.17. The van der Waals surface area contributed by atoms with E-state index in [0.29, 0.717) is 30.0 Å². The van der Waals surface area contributed by atoms with Crippen LogP contribution in [0.3, 0.4) is 0 Å². The molecule has 2 unspecified atom stereocenters. The first-order valence-corrected chi connectivity index (χ1v) is 13.6. The molecule has 1 heterocycles. The third-order valence-electron chi connectivity index (χ3n) is 7.88. The van der Waals surface area contributed by atoms with E-state index in [1.165, 1.54) is 6.07 Å². The first-order chi connectivity index (χ1) is 18.5. The van der Waals surface area contributed by atoms with Crippen LogP contribution in [0.5, 0.6) is 5.75 Å². The molecule has 0 radical (unpaired) electrons. The molecule has 39 heavy (non-hydrogen) atoms. The number of carbonyl (C=O) groups excluding carboxylic acids is 1. The molecule has 0 aromatic heterocycles. The molecule has 1 aliphatic carbocycles. The predicted molar refractivity (Wildman–Crippen MR) is 156 cm³/mol. The maximum Gasteiger partial charge on any atom is 0.336 e. The molecule has 2 aliphatic rings. The third-order valence-corrected chi connectivity index (χ3v) is 7.88. The molecule has 7 nitrogen and oxygen atoms in total. The highest BCUT2D eigenvalue weighted by molar-refractivity contribution is 6.09. The first kappa shape index (κ1) is 28.1. The third kappa shape index (κ3) is 5.63. The van der Waals surface area contributed by atoms with Gasteiger partial charge in [0, 0.05) is 60.9 Å². The summed E-state index contributed by atoms with van der Waals surface area (Å²) >= 11 is 0. The molecule has 0 bridgehead atoms. The van der Waals surface area contributed by atoms with Crippen LogP contribution in [-0.4, -0.2) is 42.8 Å². The zero-order valence-electron chi connectivity index (χ0n) is 23.9. The number of anilines is 1. The predicted octanol–water partition coefficient (Wildman–Crippen LogP) is 6.35. The lowest BCUT2D eigenvalue weighted by molar-refractivity contribution is 0.0695. The van der Waals surface area contributed by atoms with E-state index in [-0.39, 0.29) is 28.7 Å². The van der Waals surface area contributed by atoms with Crippen LogP contribution in [0.4, 0.5) is 5.69 Å². The second-order valence-corrected chi connectivity index (χ2v) is 11.1. The van der Waals surface area contributed by atoms with Gasteiger partial charge in [-0.05, 0) is 67.5 Å². The van der Waals surface area contributed by atoms with Crippen LogP contribution >= 0.6 is 0 Å². The Morgan fingerprint density at radius 3 is 2.49 bits per heavy atom. The van der Waals surface area contributed by atoms with Crippen LogP contribution in [0.1, 0.15) is 84.4 Å². The molecule has 206 valence electrons. The van der Waals surface area contributed by atoms with E-state index in [1.54, 1.807) is 12.1 Å².